The fraction of sp³-hybridized carbons (Fsp3) is 1.00. The van der Waals surface area contributed by atoms with Gasteiger partial charge in [-0.3, -0.25) is 4.90 Å². The maximum atomic E-state index is 6.04. The molecule has 0 aromatic carbocycles. The normalized spacial score (nSPS) is 38.7. The van der Waals surface area contributed by atoms with Gasteiger partial charge in [0.15, 0.2) is 0 Å². The van der Waals surface area contributed by atoms with E-state index >= 15 is 0 Å². The van der Waals surface area contributed by atoms with E-state index in [4.69, 9.17) is 4.74 Å². The summed E-state index contributed by atoms with van der Waals surface area (Å²) in [6.45, 7) is 6.81. The van der Waals surface area contributed by atoms with Gasteiger partial charge < -0.3 is 10.1 Å². The SMILES string of the molecule is CCNC1CCCCCC1CN1CCOC2CCCCC21. The molecule has 2 saturated carbocycles. The van der Waals surface area contributed by atoms with Gasteiger partial charge in [0.2, 0.25) is 0 Å². The molecule has 2 aliphatic carbocycles. The third kappa shape index (κ3) is 4.00. The van der Waals surface area contributed by atoms with Gasteiger partial charge in [0, 0.05) is 25.2 Å². The van der Waals surface area contributed by atoms with Crippen LogP contribution in [-0.4, -0.2) is 49.3 Å². The predicted molar refractivity (Wildman–Crippen MR) is 87.6 cm³/mol. The summed E-state index contributed by atoms with van der Waals surface area (Å²) in [6, 6.07) is 1.47. The zero-order valence-electron chi connectivity index (χ0n) is 13.9. The van der Waals surface area contributed by atoms with Gasteiger partial charge in [-0.15, -0.1) is 0 Å². The minimum absolute atomic E-state index is 0.538. The van der Waals surface area contributed by atoms with E-state index in [0.29, 0.717) is 6.10 Å². The number of ether oxygens (including phenoxy) is 1. The van der Waals surface area contributed by atoms with E-state index in [9.17, 15) is 0 Å². The molecule has 3 nitrogen and oxygen atoms in total. The van der Waals surface area contributed by atoms with Crippen LogP contribution in [0.5, 0.6) is 0 Å². The summed E-state index contributed by atoms with van der Waals surface area (Å²) < 4.78 is 6.04. The van der Waals surface area contributed by atoms with E-state index in [1.54, 1.807) is 0 Å². The number of nitrogens with zero attached hydrogens (tertiary/aromatic N) is 1. The maximum Gasteiger partial charge on any atom is 0.0730 e. The molecule has 3 heteroatoms. The van der Waals surface area contributed by atoms with E-state index < -0.39 is 0 Å². The number of hydrogen-bond acceptors (Lipinski definition) is 3. The third-order valence-electron chi connectivity index (χ3n) is 5.94. The molecule has 3 aliphatic rings. The summed E-state index contributed by atoms with van der Waals surface area (Å²) in [5.74, 6) is 0.855. The Hall–Kier alpha value is -0.120. The molecule has 0 aromatic heterocycles. The van der Waals surface area contributed by atoms with Crippen molar-refractivity contribution >= 4 is 0 Å². The molecule has 122 valence electrons. The quantitative estimate of drug-likeness (QED) is 0.806. The second-order valence-electron chi connectivity index (χ2n) is 7.32. The van der Waals surface area contributed by atoms with Crippen LogP contribution in [0, 0.1) is 5.92 Å². The highest BCUT2D eigenvalue weighted by atomic mass is 16.5. The van der Waals surface area contributed by atoms with Crippen molar-refractivity contribution in [3.63, 3.8) is 0 Å². The Kier molecular flexibility index (Phi) is 5.96. The van der Waals surface area contributed by atoms with E-state index in [0.717, 1.165) is 37.7 Å². The lowest BCUT2D eigenvalue weighted by atomic mass is 9.87. The lowest BCUT2D eigenvalue weighted by Gasteiger charge is -2.45. The van der Waals surface area contributed by atoms with Crippen molar-refractivity contribution in [3.8, 4) is 0 Å². The molecule has 1 N–H and O–H groups in total. The summed E-state index contributed by atoms with van der Waals surface area (Å²) in [5, 5.41) is 3.78. The van der Waals surface area contributed by atoms with Crippen LogP contribution in [-0.2, 0) is 4.74 Å². The fourth-order valence-electron chi connectivity index (χ4n) is 4.84. The van der Waals surface area contributed by atoms with Gasteiger partial charge >= 0.3 is 0 Å². The molecule has 0 amide bonds. The average molecular weight is 294 g/mol. The predicted octanol–water partition coefficient (Wildman–Crippen LogP) is 3.19. The van der Waals surface area contributed by atoms with Crippen molar-refractivity contribution in [2.45, 2.75) is 82.9 Å². The van der Waals surface area contributed by atoms with Crippen LogP contribution in [0.25, 0.3) is 0 Å². The first-order valence-electron chi connectivity index (χ1n) is 9.47. The molecule has 1 saturated heterocycles. The molecular weight excluding hydrogens is 260 g/mol. The van der Waals surface area contributed by atoms with Gasteiger partial charge in [0.25, 0.3) is 0 Å². The summed E-state index contributed by atoms with van der Waals surface area (Å²) in [4.78, 5) is 2.80. The van der Waals surface area contributed by atoms with Gasteiger partial charge in [-0.05, 0) is 38.1 Å². The zero-order valence-corrected chi connectivity index (χ0v) is 13.9. The van der Waals surface area contributed by atoms with E-state index in [1.165, 1.54) is 64.3 Å². The Morgan fingerprint density at radius 1 is 1.00 bits per heavy atom. The highest BCUT2D eigenvalue weighted by Gasteiger charge is 2.36. The molecule has 21 heavy (non-hydrogen) atoms. The van der Waals surface area contributed by atoms with Crippen LogP contribution in [0.2, 0.25) is 0 Å². The van der Waals surface area contributed by atoms with Crippen LogP contribution in [0.1, 0.15) is 64.7 Å². The van der Waals surface area contributed by atoms with Crippen LogP contribution in [0.4, 0.5) is 0 Å². The smallest absolute Gasteiger partial charge is 0.0730 e. The summed E-state index contributed by atoms with van der Waals surface area (Å²) in [5.41, 5.74) is 0. The standard InChI is InChI=1S/C18H34N2O/c1-2-19-16-9-5-3-4-8-15(16)14-20-12-13-21-18-11-7-6-10-17(18)20/h15-19H,2-14H2,1H3. The summed E-state index contributed by atoms with van der Waals surface area (Å²) in [7, 11) is 0. The first kappa shape index (κ1) is 15.8. The number of nitrogens with one attached hydrogen (secondary N) is 1. The Balaban J connectivity index is 1.61. The van der Waals surface area contributed by atoms with E-state index in [1.807, 2.05) is 0 Å². The van der Waals surface area contributed by atoms with Crippen molar-refractivity contribution < 1.29 is 4.74 Å². The van der Waals surface area contributed by atoms with Crippen LogP contribution in [0.3, 0.4) is 0 Å². The van der Waals surface area contributed by atoms with Gasteiger partial charge in [-0.2, -0.15) is 0 Å². The Morgan fingerprint density at radius 3 is 2.71 bits per heavy atom. The van der Waals surface area contributed by atoms with Gasteiger partial charge in [0.05, 0.1) is 12.7 Å². The number of rotatable bonds is 4. The summed E-state index contributed by atoms with van der Waals surface area (Å²) in [6.07, 6.45) is 13.1. The molecule has 0 aromatic rings. The van der Waals surface area contributed by atoms with Crippen molar-refractivity contribution in [3.05, 3.63) is 0 Å². The molecule has 3 rings (SSSR count). The van der Waals surface area contributed by atoms with E-state index in [-0.39, 0.29) is 0 Å². The van der Waals surface area contributed by atoms with Crippen LogP contribution >= 0.6 is 0 Å². The molecule has 3 fully saturated rings. The Morgan fingerprint density at radius 2 is 1.81 bits per heavy atom. The fourth-order valence-corrected chi connectivity index (χ4v) is 4.84. The van der Waals surface area contributed by atoms with E-state index in [2.05, 4.69) is 17.1 Å². The third-order valence-corrected chi connectivity index (χ3v) is 5.94. The molecule has 4 unspecified atom stereocenters. The minimum Gasteiger partial charge on any atom is -0.375 e. The van der Waals surface area contributed by atoms with Crippen molar-refractivity contribution in [2.75, 3.05) is 26.2 Å². The lowest BCUT2D eigenvalue weighted by molar-refractivity contribution is -0.0933. The van der Waals surface area contributed by atoms with Crippen LogP contribution < -0.4 is 5.32 Å². The number of hydrogen-bond donors (Lipinski definition) is 1. The lowest BCUT2D eigenvalue weighted by Crippen LogP contribution is -2.55. The maximum absolute atomic E-state index is 6.04. The second-order valence-corrected chi connectivity index (χ2v) is 7.32. The first-order valence-corrected chi connectivity index (χ1v) is 9.47. The molecule has 0 bridgehead atoms. The molecule has 1 heterocycles. The van der Waals surface area contributed by atoms with Crippen molar-refractivity contribution in [1.82, 2.24) is 10.2 Å². The van der Waals surface area contributed by atoms with Gasteiger partial charge in [-0.25, -0.2) is 0 Å². The highest BCUT2D eigenvalue weighted by Crippen LogP contribution is 2.31. The zero-order chi connectivity index (χ0) is 14.5. The van der Waals surface area contributed by atoms with Gasteiger partial charge in [-0.1, -0.05) is 39.0 Å². The number of fused-ring (bicyclic) bond motifs is 1. The average Bonchev–Trinajstić information content (AvgIpc) is 2.74. The van der Waals surface area contributed by atoms with Crippen molar-refractivity contribution in [1.29, 1.82) is 0 Å². The molecule has 0 radical (unpaired) electrons. The first-order chi connectivity index (χ1) is 10.4. The molecular formula is C18H34N2O. The monoisotopic (exact) mass is 294 g/mol. The Labute approximate surface area is 130 Å². The molecule has 4 atom stereocenters. The Bertz CT molecular complexity index is 308. The largest absolute Gasteiger partial charge is 0.375 e. The van der Waals surface area contributed by atoms with Crippen LogP contribution in [0.15, 0.2) is 0 Å². The second kappa shape index (κ2) is 7.94. The highest BCUT2D eigenvalue weighted by molar-refractivity contribution is 4.90. The minimum atomic E-state index is 0.538. The summed E-state index contributed by atoms with van der Waals surface area (Å²) >= 11 is 0. The molecule has 0 spiro atoms. The van der Waals surface area contributed by atoms with Gasteiger partial charge in [0.1, 0.15) is 0 Å². The topological polar surface area (TPSA) is 24.5 Å². The van der Waals surface area contributed by atoms with Crippen molar-refractivity contribution in [2.24, 2.45) is 5.92 Å². The number of morpholine rings is 1. The molecule has 1 aliphatic heterocycles.